The van der Waals surface area contributed by atoms with Gasteiger partial charge in [-0.3, -0.25) is 4.79 Å². The van der Waals surface area contributed by atoms with E-state index in [2.05, 4.69) is 29.2 Å². The standard InChI is InChI=1S/C35H43ClN2O6/c1-22-6-12-30(43-3)27-10-7-24(27)19-38-20-34(14-4-5-23-15-26(36)9-11-28(23)34)21-44-31-13-8-25(16-29(31)38)35(42,33(40)41)17-32(39)37(2)18-22/h6,8-9,11-13,15-16,22,24,27,30,42H,4-5,7,10,14,17-21H2,1-3H3,(H,40,41)/b12-6+/t22-,24-,27+,30-,34-,35+/m0/s1. The molecule has 0 radical (unpaired) electrons. The van der Waals surface area contributed by atoms with Crippen molar-refractivity contribution in [3.8, 4) is 5.75 Å². The molecule has 44 heavy (non-hydrogen) atoms. The molecular formula is C35H43ClN2O6. The second-order valence-corrected chi connectivity index (χ2v) is 13.9. The normalized spacial score (nSPS) is 33.0. The molecule has 2 aliphatic carbocycles. The van der Waals surface area contributed by atoms with Crippen molar-refractivity contribution in [3.63, 3.8) is 0 Å². The summed E-state index contributed by atoms with van der Waals surface area (Å²) in [6.07, 6.45) is 8.66. The number of ether oxygens (including phenoxy) is 2. The van der Waals surface area contributed by atoms with Crippen molar-refractivity contribution >= 4 is 29.2 Å². The maximum atomic E-state index is 13.3. The van der Waals surface area contributed by atoms with Gasteiger partial charge in [-0.15, -0.1) is 0 Å². The Kier molecular flexibility index (Phi) is 8.46. The van der Waals surface area contributed by atoms with Crippen LogP contribution in [0.4, 0.5) is 5.69 Å². The first-order chi connectivity index (χ1) is 21.0. The first-order valence-corrected chi connectivity index (χ1v) is 16.1. The third-order valence-electron chi connectivity index (χ3n) is 10.5. The Balaban J connectivity index is 1.47. The van der Waals surface area contributed by atoms with E-state index < -0.39 is 23.9 Å². The van der Waals surface area contributed by atoms with Crippen molar-refractivity contribution in [2.75, 3.05) is 45.3 Å². The van der Waals surface area contributed by atoms with Crippen LogP contribution in [0.3, 0.4) is 0 Å². The predicted octanol–water partition coefficient (Wildman–Crippen LogP) is 5.18. The number of carboxylic acids is 1. The number of amides is 1. The van der Waals surface area contributed by atoms with Gasteiger partial charge in [0.05, 0.1) is 24.8 Å². The Hall–Kier alpha value is -3.07. The summed E-state index contributed by atoms with van der Waals surface area (Å²) in [6, 6.07) is 11.3. The van der Waals surface area contributed by atoms with Crippen LogP contribution in [0.5, 0.6) is 5.75 Å². The molecule has 2 bridgehead atoms. The zero-order valence-electron chi connectivity index (χ0n) is 25.8. The number of aliphatic hydroxyl groups is 1. The number of anilines is 1. The summed E-state index contributed by atoms with van der Waals surface area (Å²) in [5.41, 5.74) is 0.746. The van der Waals surface area contributed by atoms with E-state index in [1.54, 1.807) is 32.4 Å². The molecule has 1 amide bonds. The highest BCUT2D eigenvalue weighted by atomic mass is 35.5. The van der Waals surface area contributed by atoms with Crippen molar-refractivity contribution in [2.24, 2.45) is 17.8 Å². The molecule has 6 rings (SSSR count). The molecule has 236 valence electrons. The predicted molar refractivity (Wildman–Crippen MR) is 169 cm³/mol. The summed E-state index contributed by atoms with van der Waals surface area (Å²) >= 11 is 6.41. The van der Waals surface area contributed by atoms with Crippen LogP contribution in [0.25, 0.3) is 0 Å². The molecule has 2 aromatic rings. The maximum Gasteiger partial charge on any atom is 0.340 e. The first-order valence-electron chi connectivity index (χ1n) is 15.7. The quantitative estimate of drug-likeness (QED) is 0.445. The van der Waals surface area contributed by atoms with Crippen LogP contribution in [-0.4, -0.2) is 73.5 Å². The van der Waals surface area contributed by atoms with E-state index in [0.717, 1.165) is 49.4 Å². The average Bonchev–Trinajstić information content (AvgIpc) is 3.13. The number of methoxy groups -OCH3 is 1. The van der Waals surface area contributed by atoms with Gasteiger partial charge in [0, 0.05) is 44.2 Å². The van der Waals surface area contributed by atoms with E-state index in [9.17, 15) is 19.8 Å². The van der Waals surface area contributed by atoms with Gasteiger partial charge in [0.1, 0.15) is 5.75 Å². The molecule has 0 aromatic heterocycles. The summed E-state index contributed by atoms with van der Waals surface area (Å²) < 4.78 is 12.6. The number of hydrogen-bond donors (Lipinski definition) is 2. The highest BCUT2D eigenvalue weighted by Gasteiger charge is 2.46. The SMILES string of the molecule is CO[C@H]1/C=C/[C@H](C)CN(C)C(=O)C[C@](O)(C(=O)O)c2ccc3c(c2)N(C[C@@H]2CC[C@H]21)C[C@@]1(CCCc2cc(Cl)ccc21)CO3. The number of carbonyl (C=O) groups excluding carboxylic acids is 1. The molecule has 6 atom stereocenters. The van der Waals surface area contributed by atoms with E-state index in [1.807, 2.05) is 13.0 Å². The van der Waals surface area contributed by atoms with Crippen molar-refractivity contribution in [3.05, 3.63) is 70.3 Å². The number of nitrogens with zero attached hydrogens (tertiary/aromatic N) is 2. The minimum Gasteiger partial charge on any atom is -0.490 e. The van der Waals surface area contributed by atoms with E-state index >= 15 is 0 Å². The molecule has 2 aliphatic heterocycles. The van der Waals surface area contributed by atoms with Crippen LogP contribution in [0, 0.1) is 17.8 Å². The highest BCUT2D eigenvalue weighted by Crippen LogP contribution is 2.47. The second kappa shape index (κ2) is 12.0. The minimum absolute atomic E-state index is 0.0272. The summed E-state index contributed by atoms with van der Waals surface area (Å²) in [6.45, 7) is 4.32. The first kappa shape index (κ1) is 30.9. The molecule has 2 N–H and O–H groups in total. The number of aliphatic carboxylic acids is 1. The molecule has 2 aromatic carbocycles. The summed E-state index contributed by atoms with van der Waals surface area (Å²) in [7, 11) is 3.41. The minimum atomic E-state index is -2.39. The number of carboxylic acid groups (broad SMARTS) is 1. The van der Waals surface area contributed by atoms with Gasteiger partial charge in [0.2, 0.25) is 5.91 Å². The van der Waals surface area contributed by atoms with Gasteiger partial charge in [-0.1, -0.05) is 42.8 Å². The Labute approximate surface area is 264 Å². The van der Waals surface area contributed by atoms with E-state index in [0.29, 0.717) is 37.3 Å². The number of halogens is 1. The van der Waals surface area contributed by atoms with Crippen LogP contribution in [0.1, 0.15) is 55.7 Å². The summed E-state index contributed by atoms with van der Waals surface area (Å²) in [5.74, 6) is -0.530. The lowest BCUT2D eigenvalue weighted by atomic mass is 9.68. The third kappa shape index (κ3) is 5.61. The Bertz CT molecular complexity index is 1460. The van der Waals surface area contributed by atoms with Gasteiger partial charge in [-0.05, 0) is 90.8 Å². The van der Waals surface area contributed by atoms with E-state index in [-0.39, 0.29) is 23.0 Å². The largest absolute Gasteiger partial charge is 0.490 e. The van der Waals surface area contributed by atoms with Gasteiger partial charge >= 0.3 is 5.97 Å². The Morgan fingerprint density at radius 2 is 1.95 bits per heavy atom. The lowest BCUT2D eigenvalue weighted by Gasteiger charge is -2.46. The van der Waals surface area contributed by atoms with Crippen molar-refractivity contribution in [1.29, 1.82) is 0 Å². The van der Waals surface area contributed by atoms with Crippen LogP contribution >= 0.6 is 11.6 Å². The number of rotatable bonds is 2. The lowest BCUT2D eigenvalue weighted by molar-refractivity contribution is -0.164. The van der Waals surface area contributed by atoms with E-state index in [4.69, 9.17) is 21.1 Å². The number of fused-ring (bicyclic) bond motifs is 4. The molecule has 9 heteroatoms. The Morgan fingerprint density at radius 3 is 2.68 bits per heavy atom. The van der Waals surface area contributed by atoms with Gasteiger partial charge in [-0.2, -0.15) is 0 Å². The zero-order chi connectivity index (χ0) is 31.2. The highest BCUT2D eigenvalue weighted by molar-refractivity contribution is 6.30. The van der Waals surface area contributed by atoms with Gasteiger partial charge < -0.3 is 29.5 Å². The third-order valence-corrected chi connectivity index (χ3v) is 10.8. The van der Waals surface area contributed by atoms with Crippen LogP contribution < -0.4 is 9.64 Å². The molecule has 0 saturated heterocycles. The molecule has 2 heterocycles. The molecular weight excluding hydrogens is 580 g/mol. The number of carbonyl (C=O) groups is 2. The maximum absolute atomic E-state index is 13.3. The number of aryl methyl sites for hydroxylation is 1. The van der Waals surface area contributed by atoms with Crippen LogP contribution in [0.2, 0.25) is 5.02 Å². The molecule has 4 aliphatic rings. The van der Waals surface area contributed by atoms with Crippen LogP contribution in [0.15, 0.2) is 48.6 Å². The van der Waals surface area contributed by atoms with Gasteiger partial charge in [0.15, 0.2) is 5.60 Å². The monoisotopic (exact) mass is 622 g/mol. The fourth-order valence-electron chi connectivity index (χ4n) is 7.85. The smallest absolute Gasteiger partial charge is 0.340 e. The van der Waals surface area contributed by atoms with Gasteiger partial charge in [0.25, 0.3) is 0 Å². The molecule has 1 spiro atoms. The fourth-order valence-corrected chi connectivity index (χ4v) is 8.05. The fraction of sp³-hybridized carbons (Fsp3) is 0.543. The summed E-state index contributed by atoms with van der Waals surface area (Å²) in [5, 5.41) is 22.7. The lowest BCUT2D eigenvalue weighted by Crippen LogP contribution is -2.49. The number of hydrogen-bond acceptors (Lipinski definition) is 6. The molecule has 0 unspecified atom stereocenters. The average molecular weight is 623 g/mol. The van der Waals surface area contributed by atoms with Crippen molar-refractivity contribution < 1.29 is 29.3 Å². The topological polar surface area (TPSA) is 99.5 Å². The Morgan fingerprint density at radius 1 is 1.14 bits per heavy atom. The van der Waals surface area contributed by atoms with Gasteiger partial charge in [-0.25, -0.2) is 4.79 Å². The number of benzene rings is 2. The molecule has 8 nitrogen and oxygen atoms in total. The van der Waals surface area contributed by atoms with E-state index in [1.165, 1.54) is 16.0 Å². The van der Waals surface area contributed by atoms with Crippen molar-refractivity contribution in [2.45, 2.75) is 62.6 Å². The second-order valence-electron chi connectivity index (χ2n) is 13.5. The molecule has 1 saturated carbocycles. The van der Waals surface area contributed by atoms with Crippen LogP contribution in [-0.2, 0) is 31.8 Å². The van der Waals surface area contributed by atoms with Crippen molar-refractivity contribution in [1.82, 2.24) is 4.90 Å². The zero-order valence-corrected chi connectivity index (χ0v) is 26.6. The molecule has 1 fully saturated rings. The summed E-state index contributed by atoms with van der Waals surface area (Å²) in [4.78, 5) is 29.8.